The second kappa shape index (κ2) is 8.72. The average molecular weight is 418 g/mol. The van der Waals surface area contributed by atoms with Crippen molar-refractivity contribution >= 4 is 0 Å². The fourth-order valence-electron chi connectivity index (χ4n) is 4.54. The summed E-state index contributed by atoms with van der Waals surface area (Å²) in [5.74, 6) is 0.378. The van der Waals surface area contributed by atoms with Crippen LogP contribution in [0.25, 0.3) is 0 Å². The predicted octanol–water partition coefficient (Wildman–Crippen LogP) is 3.23. The third kappa shape index (κ3) is 3.72. The maximum Gasteiger partial charge on any atom is 0.191 e. The molecule has 0 radical (unpaired) electrons. The van der Waals surface area contributed by atoms with Crippen LogP contribution in [0.5, 0.6) is 11.5 Å². The molecule has 0 bridgehead atoms. The molecule has 1 aliphatic carbocycles. The van der Waals surface area contributed by atoms with Gasteiger partial charge in [0.15, 0.2) is 16.9 Å². The smallest absolute Gasteiger partial charge is 0.191 e. The van der Waals surface area contributed by atoms with Crippen LogP contribution >= 0.6 is 0 Å². The Morgan fingerprint density at radius 2 is 1.94 bits per heavy atom. The highest BCUT2D eigenvalue weighted by Gasteiger charge is 2.54. The highest BCUT2D eigenvalue weighted by molar-refractivity contribution is 5.60. The minimum Gasteiger partial charge on any atom is -0.490 e. The Bertz CT molecular complexity index is 1040. The molecule has 0 spiro atoms. The number of nitriles is 3. The fourth-order valence-corrected chi connectivity index (χ4v) is 4.54. The first-order chi connectivity index (χ1) is 14.8. The molecule has 1 heterocycles. The molecule has 2 aliphatic rings. The molecule has 2 atom stereocenters. The molecular formula is C24H27N5O2. The maximum atomic E-state index is 10.2. The van der Waals surface area contributed by atoms with Crippen molar-refractivity contribution in [3.63, 3.8) is 0 Å². The largest absolute Gasteiger partial charge is 0.490 e. The predicted molar refractivity (Wildman–Crippen MR) is 116 cm³/mol. The number of nitrogens with zero attached hydrogens (tertiary/aromatic N) is 4. The molecule has 2 N–H and O–H groups in total. The van der Waals surface area contributed by atoms with Crippen LogP contribution in [-0.2, 0) is 0 Å². The van der Waals surface area contributed by atoms with Crippen LogP contribution < -0.4 is 15.2 Å². The van der Waals surface area contributed by atoms with Gasteiger partial charge in [-0.2, -0.15) is 15.8 Å². The second-order valence-corrected chi connectivity index (χ2v) is 8.20. The molecule has 0 unspecified atom stereocenters. The zero-order valence-electron chi connectivity index (χ0n) is 18.3. The van der Waals surface area contributed by atoms with Crippen LogP contribution in [0.15, 0.2) is 41.1 Å². The van der Waals surface area contributed by atoms with E-state index in [0.29, 0.717) is 31.2 Å². The number of hydrogen-bond donors (Lipinski definition) is 1. The molecule has 1 aliphatic heterocycles. The topological polar surface area (TPSA) is 119 Å². The van der Waals surface area contributed by atoms with Gasteiger partial charge in [-0.25, -0.2) is 0 Å². The van der Waals surface area contributed by atoms with Crippen molar-refractivity contribution in [3.05, 3.63) is 46.7 Å². The number of likely N-dealkylation sites (N-methyl/N-ethyl adjacent to an activating group) is 1. The van der Waals surface area contributed by atoms with E-state index in [1.165, 1.54) is 0 Å². The lowest BCUT2D eigenvalue weighted by Gasteiger charge is -2.45. The first-order valence-corrected chi connectivity index (χ1v) is 10.4. The van der Waals surface area contributed by atoms with Gasteiger partial charge in [0.05, 0.1) is 36.1 Å². The lowest BCUT2D eigenvalue weighted by Crippen LogP contribution is -2.47. The molecule has 1 aromatic carbocycles. The van der Waals surface area contributed by atoms with Crippen molar-refractivity contribution in [1.82, 2.24) is 4.90 Å². The first kappa shape index (κ1) is 22.2. The molecule has 0 fully saturated rings. The van der Waals surface area contributed by atoms with E-state index in [-0.39, 0.29) is 23.3 Å². The normalized spacial score (nSPS) is 22.6. The van der Waals surface area contributed by atoms with Crippen molar-refractivity contribution in [2.24, 2.45) is 17.1 Å². The van der Waals surface area contributed by atoms with E-state index >= 15 is 0 Å². The van der Waals surface area contributed by atoms with Crippen LogP contribution in [0.4, 0.5) is 0 Å². The highest BCUT2D eigenvalue weighted by atomic mass is 16.5. The second-order valence-electron chi connectivity index (χ2n) is 8.20. The monoisotopic (exact) mass is 417 g/mol. The van der Waals surface area contributed by atoms with Gasteiger partial charge in [-0.05, 0) is 51.1 Å². The fraction of sp³-hybridized carbons (Fsp3) is 0.458. The van der Waals surface area contributed by atoms with Gasteiger partial charge in [-0.15, -0.1) is 0 Å². The van der Waals surface area contributed by atoms with E-state index in [9.17, 15) is 15.8 Å². The Hall–Kier alpha value is -3.47. The third-order valence-corrected chi connectivity index (χ3v) is 5.84. The Morgan fingerprint density at radius 3 is 2.52 bits per heavy atom. The standard InChI is InChI=1S/C24H27N5O2/c1-5-30-21-10-16(6-7-20(21)31-15(2)3)22-19-12-29(4)9-8-17(19)18(11-25)23(28)24(22,13-26)14-27/h6-8,10,15,19,22H,5,9,12,28H2,1-4H3/t19-,22-/m0/s1. The molecule has 7 heteroatoms. The van der Waals surface area contributed by atoms with Gasteiger partial charge in [0.25, 0.3) is 0 Å². The minimum absolute atomic E-state index is 0.0255. The number of nitrogens with two attached hydrogens (primary N) is 1. The van der Waals surface area contributed by atoms with E-state index in [1.54, 1.807) is 0 Å². The minimum atomic E-state index is -1.66. The van der Waals surface area contributed by atoms with E-state index in [4.69, 9.17) is 15.2 Å². The van der Waals surface area contributed by atoms with Gasteiger partial charge in [-0.1, -0.05) is 12.1 Å². The van der Waals surface area contributed by atoms with Crippen molar-refractivity contribution in [2.45, 2.75) is 32.8 Å². The van der Waals surface area contributed by atoms with E-state index in [2.05, 4.69) is 23.1 Å². The van der Waals surface area contributed by atoms with Crippen LogP contribution in [-0.4, -0.2) is 37.7 Å². The zero-order valence-corrected chi connectivity index (χ0v) is 18.3. The number of allylic oxidation sites excluding steroid dienone is 2. The van der Waals surface area contributed by atoms with Crippen molar-refractivity contribution < 1.29 is 9.47 Å². The van der Waals surface area contributed by atoms with Gasteiger partial charge in [0.2, 0.25) is 0 Å². The van der Waals surface area contributed by atoms with Gasteiger partial charge < -0.3 is 20.1 Å². The Morgan fingerprint density at radius 1 is 1.23 bits per heavy atom. The quantitative estimate of drug-likeness (QED) is 0.781. The molecule has 0 aromatic heterocycles. The molecule has 0 saturated carbocycles. The van der Waals surface area contributed by atoms with E-state index in [0.717, 1.165) is 11.1 Å². The van der Waals surface area contributed by atoms with Crippen molar-refractivity contribution in [2.75, 3.05) is 26.7 Å². The summed E-state index contributed by atoms with van der Waals surface area (Å²) in [6, 6.07) is 12.0. The molecule has 3 rings (SSSR count). The zero-order chi connectivity index (χ0) is 22.8. The number of rotatable bonds is 5. The Kier molecular flexibility index (Phi) is 6.25. The van der Waals surface area contributed by atoms with Gasteiger partial charge in [0.1, 0.15) is 6.07 Å². The summed E-state index contributed by atoms with van der Waals surface area (Å²) < 4.78 is 11.7. The Balaban J connectivity index is 2.26. The first-order valence-electron chi connectivity index (χ1n) is 10.4. The number of benzene rings is 1. The molecule has 1 aromatic rings. The summed E-state index contributed by atoms with van der Waals surface area (Å²) in [6.45, 7) is 7.49. The van der Waals surface area contributed by atoms with Crippen molar-refractivity contribution in [3.8, 4) is 29.7 Å². The molecule has 7 nitrogen and oxygen atoms in total. The van der Waals surface area contributed by atoms with Crippen LogP contribution in [0, 0.1) is 45.3 Å². The molecular weight excluding hydrogens is 390 g/mol. The van der Waals surface area contributed by atoms with Crippen LogP contribution in [0.2, 0.25) is 0 Å². The number of hydrogen-bond acceptors (Lipinski definition) is 7. The third-order valence-electron chi connectivity index (χ3n) is 5.84. The summed E-state index contributed by atoms with van der Waals surface area (Å²) in [5.41, 5.74) is 6.54. The average Bonchev–Trinajstić information content (AvgIpc) is 2.74. The van der Waals surface area contributed by atoms with E-state index < -0.39 is 11.3 Å². The summed E-state index contributed by atoms with van der Waals surface area (Å²) in [7, 11) is 1.98. The summed E-state index contributed by atoms with van der Waals surface area (Å²) in [5, 5.41) is 30.1. The highest BCUT2D eigenvalue weighted by Crippen LogP contribution is 2.54. The van der Waals surface area contributed by atoms with Gasteiger partial charge in [0, 0.05) is 24.9 Å². The number of fused-ring (bicyclic) bond motifs is 1. The Labute approximate surface area is 183 Å². The molecule has 0 amide bonds. The summed E-state index contributed by atoms with van der Waals surface area (Å²) in [4.78, 5) is 2.11. The molecule has 0 saturated heterocycles. The maximum absolute atomic E-state index is 10.2. The summed E-state index contributed by atoms with van der Waals surface area (Å²) in [6.07, 6.45) is 1.95. The SMILES string of the molecule is CCOc1cc([C@H]2[C@H]3CN(C)CC=C3C(C#N)=C(N)C2(C#N)C#N)ccc1OC(C)C. The molecule has 31 heavy (non-hydrogen) atoms. The van der Waals surface area contributed by atoms with Crippen LogP contribution in [0.3, 0.4) is 0 Å². The van der Waals surface area contributed by atoms with Crippen LogP contribution in [0.1, 0.15) is 32.3 Å². The van der Waals surface area contributed by atoms with Gasteiger partial charge in [-0.3, -0.25) is 0 Å². The summed E-state index contributed by atoms with van der Waals surface area (Å²) >= 11 is 0. The van der Waals surface area contributed by atoms with E-state index in [1.807, 2.05) is 52.1 Å². The molecule has 160 valence electrons. The van der Waals surface area contributed by atoms with Crippen molar-refractivity contribution in [1.29, 1.82) is 15.8 Å². The lowest BCUT2D eigenvalue weighted by molar-refractivity contribution is 0.221. The number of ether oxygens (including phenoxy) is 2. The lowest BCUT2D eigenvalue weighted by atomic mass is 9.58. The van der Waals surface area contributed by atoms with Gasteiger partial charge >= 0.3 is 0 Å².